The van der Waals surface area contributed by atoms with Crippen molar-refractivity contribution in [3.05, 3.63) is 53.1 Å². The number of sulfonamides is 1. The summed E-state index contributed by atoms with van der Waals surface area (Å²) in [6, 6.07) is 11.6. The fraction of sp³-hybridized carbons (Fsp3) is 0.316. The first kappa shape index (κ1) is 21.2. The minimum Gasteiger partial charge on any atom is -0.376 e. The number of anilines is 2. The van der Waals surface area contributed by atoms with Gasteiger partial charge in [-0.2, -0.15) is 4.31 Å². The SMILES string of the molecule is CCN(CC)S(=O)(=O)c1ccc(NC(=O)CNc2ccc(C)c(Cl)c2)cc1. The zero-order chi connectivity index (χ0) is 20.0. The van der Waals surface area contributed by atoms with E-state index in [1.807, 2.05) is 19.1 Å². The van der Waals surface area contributed by atoms with E-state index in [-0.39, 0.29) is 17.3 Å². The van der Waals surface area contributed by atoms with Crippen LogP contribution in [0.2, 0.25) is 5.02 Å². The van der Waals surface area contributed by atoms with Crippen molar-refractivity contribution in [1.29, 1.82) is 0 Å². The van der Waals surface area contributed by atoms with Gasteiger partial charge in [-0.3, -0.25) is 4.79 Å². The number of carbonyl (C=O) groups excluding carboxylic acids is 1. The molecule has 0 aliphatic rings. The van der Waals surface area contributed by atoms with Crippen molar-refractivity contribution in [1.82, 2.24) is 4.31 Å². The molecule has 146 valence electrons. The van der Waals surface area contributed by atoms with Gasteiger partial charge in [0.1, 0.15) is 0 Å². The quantitative estimate of drug-likeness (QED) is 0.696. The summed E-state index contributed by atoms with van der Waals surface area (Å²) in [4.78, 5) is 12.3. The third kappa shape index (κ3) is 5.45. The van der Waals surface area contributed by atoms with Crippen LogP contribution in [0.3, 0.4) is 0 Å². The summed E-state index contributed by atoms with van der Waals surface area (Å²) in [5.74, 6) is -0.244. The van der Waals surface area contributed by atoms with E-state index in [0.29, 0.717) is 23.8 Å². The second-order valence-electron chi connectivity index (χ2n) is 5.98. The lowest BCUT2D eigenvalue weighted by Gasteiger charge is -2.18. The van der Waals surface area contributed by atoms with Crippen LogP contribution in [-0.4, -0.2) is 38.3 Å². The fourth-order valence-electron chi connectivity index (χ4n) is 2.51. The number of halogens is 1. The number of benzene rings is 2. The van der Waals surface area contributed by atoms with Crippen molar-refractivity contribution in [3.63, 3.8) is 0 Å². The number of hydrogen-bond acceptors (Lipinski definition) is 4. The monoisotopic (exact) mass is 409 g/mol. The van der Waals surface area contributed by atoms with Gasteiger partial charge in [-0.05, 0) is 48.9 Å². The molecule has 27 heavy (non-hydrogen) atoms. The van der Waals surface area contributed by atoms with Crippen LogP contribution in [0.5, 0.6) is 0 Å². The number of aryl methyl sites for hydroxylation is 1. The highest BCUT2D eigenvalue weighted by Crippen LogP contribution is 2.20. The molecule has 2 aromatic rings. The third-order valence-corrected chi connectivity index (χ3v) is 6.58. The minimum absolute atomic E-state index is 0.0683. The van der Waals surface area contributed by atoms with Gasteiger partial charge in [0.25, 0.3) is 0 Å². The summed E-state index contributed by atoms with van der Waals surface area (Å²) < 4.78 is 26.3. The molecule has 0 radical (unpaired) electrons. The van der Waals surface area contributed by atoms with E-state index < -0.39 is 10.0 Å². The summed E-state index contributed by atoms with van der Waals surface area (Å²) in [5, 5.41) is 6.36. The molecule has 2 rings (SSSR count). The van der Waals surface area contributed by atoms with Gasteiger partial charge in [0, 0.05) is 29.5 Å². The number of hydrogen-bond donors (Lipinski definition) is 2. The van der Waals surface area contributed by atoms with Gasteiger partial charge < -0.3 is 10.6 Å². The Morgan fingerprint density at radius 2 is 1.63 bits per heavy atom. The first-order valence-electron chi connectivity index (χ1n) is 8.68. The molecular formula is C19H24ClN3O3S. The van der Waals surface area contributed by atoms with Crippen LogP contribution in [0.4, 0.5) is 11.4 Å². The van der Waals surface area contributed by atoms with Gasteiger partial charge in [0.05, 0.1) is 11.4 Å². The van der Waals surface area contributed by atoms with Crippen molar-refractivity contribution in [2.45, 2.75) is 25.7 Å². The second kappa shape index (κ2) is 9.21. The molecule has 0 unspecified atom stereocenters. The van der Waals surface area contributed by atoms with Crippen LogP contribution in [-0.2, 0) is 14.8 Å². The molecule has 2 aromatic carbocycles. The topological polar surface area (TPSA) is 78.5 Å². The first-order valence-corrected chi connectivity index (χ1v) is 10.5. The van der Waals surface area contributed by atoms with E-state index in [2.05, 4.69) is 10.6 Å². The van der Waals surface area contributed by atoms with Gasteiger partial charge >= 0.3 is 0 Å². The number of nitrogens with one attached hydrogen (secondary N) is 2. The van der Waals surface area contributed by atoms with Crippen molar-refractivity contribution < 1.29 is 13.2 Å². The van der Waals surface area contributed by atoms with Crippen LogP contribution in [0.1, 0.15) is 19.4 Å². The maximum Gasteiger partial charge on any atom is 0.243 e. The second-order valence-corrected chi connectivity index (χ2v) is 8.32. The Morgan fingerprint density at radius 3 is 2.19 bits per heavy atom. The van der Waals surface area contributed by atoms with Crippen molar-refractivity contribution in [3.8, 4) is 0 Å². The Labute approximate surface area is 165 Å². The molecule has 2 N–H and O–H groups in total. The standard InChI is InChI=1S/C19H24ClN3O3S/c1-4-23(5-2)27(25,26)17-10-8-15(9-11-17)22-19(24)13-21-16-7-6-14(3)18(20)12-16/h6-12,21H,4-5,13H2,1-3H3,(H,22,24). The zero-order valence-corrected chi connectivity index (χ0v) is 17.2. The van der Waals surface area contributed by atoms with Crippen LogP contribution in [0, 0.1) is 6.92 Å². The summed E-state index contributed by atoms with van der Waals surface area (Å²) in [6.07, 6.45) is 0. The fourth-order valence-corrected chi connectivity index (χ4v) is 4.15. The number of carbonyl (C=O) groups is 1. The highest BCUT2D eigenvalue weighted by Gasteiger charge is 2.21. The predicted molar refractivity (Wildman–Crippen MR) is 110 cm³/mol. The Balaban J connectivity index is 1.97. The van der Waals surface area contributed by atoms with E-state index in [9.17, 15) is 13.2 Å². The molecule has 0 aromatic heterocycles. The molecule has 0 aliphatic carbocycles. The van der Waals surface area contributed by atoms with Gasteiger partial charge in [0.2, 0.25) is 15.9 Å². The molecule has 0 bridgehead atoms. The normalized spacial score (nSPS) is 11.4. The van der Waals surface area contributed by atoms with E-state index in [4.69, 9.17) is 11.6 Å². The molecule has 0 atom stereocenters. The van der Waals surface area contributed by atoms with Gasteiger partial charge in [-0.1, -0.05) is 31.5 Å². The summed E-state index contributed by atoms with van der Waals surface area (Å²) in [5.41, 5.74) is 2.25. The molecule has 0 heterocycles. The molecule has 0 spiro atoms. The molecular weight excluding hydrogens is 386 g/mol. The molecule has 0 fully saturated rings. The number of rotatable bonds is 8. The summed E-state index contributed by atoms with van der Waals surface area (Å²) >= 11 is 6.06. The largest absolute Gasteiger partial charge is 0.376 e. The van der Waals surface area contributed by atoms with Gasteiger partial charge in [-0.15, -0.1) is 0 Å². The van der Waals surface area contributed by atoms with E-state index in [1.165, 1.54) is 16.4 Å². The zero-order valence-electron chi connectivity index (χ0n) is 15.6. The van der Waals surface area contributed by atoms with Crippen LogP contribution >= 0.6 is 11.6 Å². The lowest BCUT2D eigenvalue weighted by molar-refractivity contribution is -0.114. The van der Waals surface area contributed by atoms with Crippen LogP contribution in [0.15, 0.2) is 47.4 Å². The maximum atomic E-state index is 12.5. The predicted octanol–water partition coefficient (Wildman–Crippen LogP) is 3.73. The highest BCUT2D eigenvalue weighted by atomic mass is 35.5. The Bertz CT molecular complexity index is 895. The molecule has 1 amide bonds. The van der Waals surface area contributed by atoms with E-state index >= 15 is 0 Å². The van der Waals surface area contributed by atoms with Gasteiger partial charge in [0.15, 0.2) is 0 Å². The lowest BCUT2D eigenvalue weighted by atomic mass is 10.2. The Morgan fingerprint density at radius 1 is 1.04 bits per heavy atom. The Hall–Kier alpha value is -2.09. The molecule has 0 saturated heterocycles. The number of amides is 1. The molecule has 6 nitrogen and oxygen atoms in total. The first-order chi connectivity index (χ1) is 12.8. The average Bonchev–Trinajstić information content (AvgIpc) is 2.64. The summed E-state index contributed by atoms with van der Waals surface area (Å²) in [6.45, 7) is 6.38. The van der Waals surface area contributed by atoms with Crippen LogP contribution in [0.25, 0.3) is 0 Å². The minimum atomic E-state index is -3.50. The molecule has 8 heteroatoms. The number of nitrogens with zero attached hydrogens (tertiary/aromatic N) is 1. The third-order valence-electron chi connectivity index (χ3n) is 4.11. The average molecular weight is 410 g/mol. The van der Waals surface area contributed by atoms with Crippen molar-refractivity contribution >= 4 is 38.9 Å². The Kier molecular flexibility index (Phi) is 7.24. The smallest absolute Gasteiger partial charge is 0.243 e. The van der Waals surface area contributed by atoms with Crippen molar-refractivity contribution in [2.75, 3.05) is 30.3 Å². The summed E-state index contributed by atoms with van der Waals surface area (Å²) in [7, 11) is -3.50. The molecule has 0 saturated carbocycles. The van der Waals surface area contributed by atoms with Crippen molar-refractivity contribution in [2.24, 2.45) is 0 Å². The van der Waals surface area contributed by atoms with E-state index in [0.717, 1.165) is 11.3 Å². The van der Waals surface area contributed by atoms with Crippen LogP contribution < -0.4 is 10.6 Å². The molecule has 0 aliphatic heterocycles. The lowest BCUT2D eigenvalue weighted by Crippen LogP contribution is -2.30. The maximum absolute atomic E-state index is 12.5. The highest BCUT2D eigenvalue weighted by molar-refractivity contribution is 7.89. The van der Waals surface area contributed by atoms with Gasteiger partial charge in [-0.25, -0.2) is 8.42 Å². The van der Waals surface area contributed by atoms with E-state index in [1.54, 1.807) is 32.0 Å².